The number of carbonyl (C=O) groups is 2. The standard InChI is InChI=1S/C13H20N4O2/c1-2-3-6-17(9-12(15)18)13(19)10-4-5-16-11(7-10)8-14/h4-5,7H,2-3,6,8-9,14H2,1H3,(H2,15,18). The van der Waals surface area contributed by atoms with E-state index in [0.29, 0.717) is 17.8 Å². The fourth-order valence-corrected chi connectivity index (χ4v) is 1.69. The van der Waals surface area contributed by atoms with Gasteiger partial charge in [-0.15, -0.1) is 0 Å². The average molecular weight is 264 g/mol. The first-order valence-electron chi connectivity index (χ1n) is 6.31. The average Bonchev–Trinajstić information content (AvgIpc) is 2.42. The van der Waals surface area contributed by atoms with Gasteiger partial charge >= 0.3 is 0 Å². The second-order valence-electron chi connectivity index (χ2n) is 4.29. The normalized spacial score (nSPS) is 10.2. The second-order valence-corrected chi connectivity index (χ2v) is 4.29. The summed E-state index contributed by atoms with van der Waals surface area (Å²) >= 11 is 0. The first kappa shape index (κ1) is 15.1. The minimum absolute atomic E-state index is 0.0703. The van der Waals surface area contributed by atoms with Crippen LogP contribution < -0.4 is 11.5 Å². The van der Waals surface area contributed by atoms with Crippen molar-refractivity contribution < 1.29 is 9.59 Å². The number of unbranched alkanes of at least 4 members (excludes halogenated alkanes) is 1. The van der Waals surface area contributed by atoms with Crippen molar-refractivity contribution in [3.63, 3.8) is 0 Å². The van der Waals surface area contributed by atoms with Gasteiger partial charge in [-0.05, 0) is 18.6 Å². The molecule has 0 saturated carbocycles. The molecule has 1 rings (SSSR count). The minimum atomic E-state index is -0.516. The zero-order chi connectivity index (χ0) is 14.3. The molecule has 19 heavy (non-hydrogen) atoms. The van der Waals surface area contributed by atoms with Gasteiger partial charge in [-0.2, -0.15) is 0 Å². The second kappa shape index (κ2) is 7.48. The van der Waals surface area contributed by atoms with E-state index in [-0.39, 0.29) is 19.0 Å². The van der Waals surface area contributed by atoms with E-state index < -0.39 is 5.91 Å². The third-order valence-corrected chi connectivity index (χ3v) is 2.69. The van der Waals surface area contributed by atoms with Gasteiger partial charge in [-0.25, -0.2) is 0 Å². The molecule has 104 valence electrons. The van der Waals surface area contributed by atoms with Crippen molar-refractivity contribution in [2.24, 2.45) is 11.5 Å². The lowest BCUT2D eigenvalue weighted by molar-refractivity contribution is -0.118. The molecule has 0 radical (unpaired) electrons. The maximum Gasteiger partial charge on any atom is 0.254 e. The van der Waals surface area contributed by atoms with Crippen LogP contribution in [0.1, 0.15) is 35.8 Å². The Morgan fingerprint density at radius 3 is 2.74 bits per heavy atom. The van der Waals surface area contributed by atoms with Gasteiger partial charge in [0.2, 0.25) is 5.91 Å². The van der Waals surface area contributed by atoms with Crippen molar-refractivity contribution in [3.8, 4) is 0 Å². The maximum absolute atomic E-state index is 12.3. The van der Waals surface area contributed by atoms with Crippen molar-refractivity contribution in [1.82, 2.24) is 9.88 Å². The van der Waals surface area contributed by atoms with E-state index in [1.54, 1.807) is 12.1 Å². The van der Waals surface area contributed by atoms with E-state index in [9.17, 15) is 9.59 Å². The molecular weight excluding hydrogens is 244 g/mol. The molecule has 6 heteroatoms. The van der Waals surface area contributed by atoms with Crippen molar-refractivity contribution in [1.29, 1.82) is 0 Å². The quantitative estimate of drug-likeness (QED) is 0.737. The Balaban J connectivity index is 2.87. The molecule has 0 aromatic carbocycles. The van der Waals surface area contributed by atoms with Crippen LogP contribution in [0.3, 0.4) is 0 Å². The number of amides is 2. The first-order valence-corrected chi connectivity index (χ1v) is 6.31. The van der Waals surface area contributed by atoms with Crippen LogP contribution in [0.2, 0.25) is 0 Å². The molecule has 1 aromatic rings. The fourth-order valence-electron chi connectivity index (χ4n) is 1.69. The van der Waals surface area contributed by atoms with Gasteiger partial charge in [-0.3, -0.25) is 14.6 Å². The Labute approximate surface area is 112 Å². The maximum atomic E-state index is 12.3. The fraction of sp³-hybridized carbons (Fsp3) is 0.462. The first-order chi connectivity index (χ1) is 9.08. The predicted octanol–water partition coefficient (Wildman–Crippen LogP) is 0.268. The molecule has 0 aliphatic heterocycles. The Bertz CT molecular complexity index is 448. The highest BCUT2D eigenvalue weighted by Gasteiger charge is 2.17. The number of aromatic nitrogens is 1. The van der Waals surface area contributed by atoms with Crippen LogP contribution >= 0.6 is 0 Å². The van der Waals surface area contributed by atoms with Crippen LogP contribution in [0, 0.1) is 0 Å². The van der Waals surface area contributed by atoms with E-state index in [1.807, 2.05) is 6.92 Å². The van der Waals surface area contributed by atoms with Gasteiger partial charge in [0.1, 0.15) is 0 Å². The number of pyridine rings is 1. The van der Waals surface area contributed by atoms with Crippen LogP contribution in [0.4, 0.5) is 0 Å². The number of nitrogens with two attached hydrogens (primary N) is 2. The SMILES string of the molecule is CCCCN(CC(N)=O)C(=O)c1ccnc(CN)c1. The summed E-state index contributed by atoms with van der Waals surface area (Å²) in [5.74, 6) is -0.734. The molecule has 1 aromatic heterocycles. The lowest BCUT2D eigenvalue weighted by Gasteiger charge is -2.21. The highest BCUT2D eigenvalue weighted by atomic mass is 16.2. The smallest absolute Gasteiger partial charge is 0.254 e. The van der Waals surface area contributed by atoms with Crippen LogP contribution in [-0.2, 0) is 11.3 Å². The monoisotopic (exact) mass is 264 g/mol. The third kappa shape index (κ3) is 4.67. The summed E-state index contributed by atoms with van der Waals surface area (Å²) in [7, 11) is 0. The number of primary amides is 1. The molecule has 0 aliphatic carbocycles. The molecular formula is C13H20N4O2. The molecule has 0 atom stereocenters. The van der Waals surface area contributed by atoms with E-state index >= 15 is 0 Å². The van der Waals surface area contributed by atoms with Crippen LogP contribution in [-0.4, -0.2) is 34.8 Å². The van der Waals surface area contributed by atoms with Gasteiger partial charge in [0, 0.05) is 24.8 Å². The van der Waals surface area contributed by atoms with E-state index in [4.69, 9.17) is 11.5 Å². The van der Waals surface area contributed by atoms with Crippen molar-refractivity contribution in [3.05, 3.63) is 29.6 Å². The third-order valence-electron chi connectivity index (χ3n) is 2.69. The zero-order valence-electron chi connectivity index (χ0n) is 11.1. The summed E-state index contributed by atoms with van der Waals surface area (Å²) in [5, 5.41) is 0. The molecule has 1 heterocycles. The van der Waals surface area contributed by atoms with Gasteiger partial charge < -0.3 is 16.4 Å². The van der Waals surface area contributed by atoms with E-state index in [2.05, 4.69) is 4.98 Å². The molecule has 0 aliphatic rings. The van der Waals surface area contributed by atoms with Gasteiger partial charge in [-0.1, -0.05) is 13.3 Å². The molecule has 0 spiro atoms. The summed E-state index contributed by atoms with van der Waals surface area (Å²) in [6.07, 6.45) is 3.30. The lowest BCUT2D eigenvalue weighted by Crippen LogP contribution is -2.39. The highest BCUT2D eigenvalue weighted by molar-refractivity contribution is 5.96. The van der Waals surface area contributed by atoms with Crippen LogP contribution in [0.5, 0.6) is 0 Å². The molecule has 6 nitrogen and oxygen atoms in total. The van der Waals surface area contributed by atoms with Crippen LogP contribution in [0.15, 0.2) is 18.3 Å². The summed E-state index contributed by atoms with van der Waals surface area (Å²) < 4.78 is 0. The van der Waals surface area contributed by atoms with Crippen molar-refractivity contribution in [2.75, 3.05) is 13.1 Å². The van der Waals surface area contributed by atoms with Gasteiger partial charge in [0.05, 0.1) is 12.2 Å². The Kier molecular flexibility index (Phi) is 5.95. The topological polar surface area (TPSA) is 102 Å². The van der Waals surface area contributed by atoms with Crippen molar-refractivity contribution in [2.45, 2.75) is 26.3 Å². The molecule has 0 fully saturated rings. The summed E-state index contributed by atoms with van der Waals surface area (Å²) in [4.78, 5) is 28.8. The number of hydrogen-bond acceptors (Lipinski definition) is 4. The Morgan fingerprint density at radius 2 is 2.16 bits per heavy atom. The summed E-state index contributed by atoms with van der Waals surface area (Å²) in [6, 6.07) is 3.25. The molecule has 4 N–H and O–H groups in total. The molecule has 0 unspecified atom stereocenters. The largest absolute Gasteiger partial charge is 0.368 e. The molecule has 2 amide bonds. The van der Waals surface area contributed by atoms with E-state index in [0.717, 1.165) is 12.8 Å². The highest BCUT2D eigenvalue weighted by Crippen LogP contribution is 2.07. The molecule has 0 bridgehead atoms. The Morgan fingerprint density at radius 1 is 1.42 bits per heavy atom. The lowest BCUT2D eigenvalue weighted by atomic mass is 10.2. The zero-order valence-corrected chi connectivity index (χ0v) is 11.1. The Hall–Kier alpha value is -1.95. The number of rotatable bonds is 7. The predicted molar refractivity (Wildman–Crippen MR) is 72.1 cm³/mol. The summed E-state index contributed by atoms with van der Waals surface area (Å²) in [6.45, 7) is 2.73. The van der Waals surface area contributed by atoms with Crippen LogP contribution in [0.25, 0.3) is 0 Å². The van der Waals surface area contributed by atoms with Gasteiger partial charge in [0.15, 0.2) is 0 Å². The minimum Gasteiger partial charge on any atom is -0.368 e. The number of hydrogen-bond donors (Lipinski definition) is 2. The van der Waals surface area contributed by atoms with Gasteiger partial charge in [0.25, 0.3) is 5.91 Å². The number of nitrogens with zero attached hydrogens (tertiary/aromatic N) is 2. The number of carbonyl (C=O) groups excluding carboxylic acids is 2. The summed E-state index contributed by atoms with van der Waals surface area (Å²) in [5.41, 5.74) is 11.8. The van der Waals surface area contributed by atoms with Crippen molar-refractivity contribution >= 4 is 11.8 Å². The molecule has 0 saturated heterocycles. The van der Waals surface area contributed by atoms with E-state index in [1.165, 1.54) is 11.1 Å².